The Labute approximate surface area is 116 Å². The van der Waals surface area contributed by atoms with Crippen LogP contribution in [0, 0.1) is 0 Å². The van der Waals surface area contributed by atoms with Gasteiger partial charge in [-0.2, -0.15) is 0 Å². The van der Waals surface area contributed by atoms with Gasteiger partial charge in [0.15, 0.2) is 0 Å². The van der Waals surface area contributed by atoms with E-state index in [2.05, 4.69) is 0 Å². The number of hydrogen-bond acceptors (Lipinski definition) is 3. The van der Waals surface area contributed by atoms with Gasteiger partial charge < -0.3 is 0 Å². The predicted molar refractivity (Wildman–Crippen MR) is 71.1 cm³/mol. The summed E-state index contributed by atoms with van der Waals surface area (Å²) in [6.07, 6.45) is 3.07. The maximum Gasteiger partial charge on any atom is 0.260 e. The van der Waals surface area contributed by atoms with Crippen molar-refractivity contribution in [3.05, 3.63) is 35.4 Å². The number of benzene rings is 1. The SMILES string of the molecule is O=C(Cl)c1ccc(C(=O)N2CCCCCC2=O)cc1. The van der Waals surface area contributed by atoms with Gasteiger partial charge in [-0.05, 0) is 48.7 Å². The number of halogens is 1. The van der Waals surface area contributed by atoms with Gasteiger partial charge in [-0.25, -0.2) is 0 Å². The molecule has 1 aromatic rings. The number of imide groups is 1. The molecule has 1 aromatic carbocycles. The Morgan fingerprint density at radius 1 is 1.00 bits per heavy atom. The first kappa shape index (κ1) is 13.7. The molecule has 1 aliphatic rings. The molecule has 0 aromatic heterocycles. The lowest BCUT2D eigenvalue weighted by molar-refractivity contribution is -0.128. The average Bonchev–Trinajstić information content (AvgIpc) is 2.63. The van der Waals surface area contributed by atoms with Crippen LogP contribution in [0.5, 0.6) is 0 Å². The zero-order valence-electron chi connectivity index (χ0n) is 10.4. The van der Waals surface area contributed by atoms with Crippen molar-refractivity contribution in [1.82, 2.24) is 4.90 Å². The second-order valence-electron chi connectivity index (χ2n) is 4.51. The van der Waals surface area contributed by atoms with Gasteiger partial charge in [0.2, 0.25) is 5.91 Å². The summed E-state index contributed by atoms with van der Waals surface area (Å²) in [5, 5.41) is -0.565. The fraction of sp³-hybridized carbons (Fsp3) is 0.357. The number of hydrogen-bond donors (Lipinski definition) is 0. The van der Waals surface area contributed by atoms with E-state index in [9.17, 15) is 14.4 Å². The van der Waals surface area contributed by atoms with Gasteiger partial charge in [0.25, 0.3) is 11.1 Å². The van der Waals surface area contributed by atoms with E-state index < -0.39 is 5.24 Å². The Balaban J connectivity index is 2.18. The molecule has 0 spiro atoms. The molecule has 1 heterocycles. The van der Waals surface area contributed by atoms with E-state index in [0.29, 0.717) is 24.1 Å². The Hall–Kier alpha value is -1.68. The molecule has 19 heavy (non-hydrogen) atoms. The van der Waals surface area contributed by atoms with Crippen LogP contribution >= 0.6 is 11.6 Å². The first-order valence-corrected chi connectivity index (χ1v) is 6.62. The molecule has 0 bridgehead atoms. The van der Waals surface area contributed by atoms with Crippen molar-refractivity contribution >= 4 is 28.7 Å². The minimum atomic E-state index is -0.565. The standard InChI is InChI=1S/C14H14ClNO3/c15-13(18)10-5-7-11(8-6-10)14(19)16-9-3-1-2-4-12(16)17/h5-8H,1-4,9H2. The van der Waals surface area contributed by atoms with Crippen LogP contribution in [0.1, 0.15) is 46.4 Å². The molecule has 2 amide bonds. The molecule has 4 nitrogen and oxygen atoms in total. The summed E-state index contributed by atoms with van der Waals surface area (Å²) >= 11 is 5.34. The summed E-state index contributed by atoms with van der Waals surface area (Å²) in [5.41, 5.74) is 0.734. The Bertz CT molecular complexity index is 510. The van der Waals surface area contributed by atoms with Crippen LogP contribution in [0.15, 0.2) is 24.3 Å². The van der Waals surface area contributed by atoms with E-state index in [0.717, 1.165) is 19.3 Å². The van der Waals surface area contributed by atoms with Crippen molar-refractivity contribution in [2.45, 2.75) is 25.7 Å². The molecule has 1 fully saturated rings. The second kappa shape index (κ2) is 5.97. The molecule has 100 valence electrons. The van der Waals surface area contributed by atoms with Crippen molar-refractivity contribution in [3.63, 3.8) is 0 Å². The van der Waals surface area contributed by atoms with Crippen LogP contribution in [0.2, 0.25) is 0 Å². The lowest BCUT2D eigenvalue weighted by atomic mass is 10.1. The number of amides is 2. The van der Waals surface area contributed by atoms with Gasteiger partial charge in [-0.3, -0.25) is 19.3 Å². The number of nitrogens with zero attached hydrogens (tertiary/aromatic N) is 1. The third-order valence-electron chi connectivity index (χ3n) is 3.18. The number of rotatable bonds is 2. The fourth-order valence-corrected chi connectivity index (χ4v) is 2.22. The van der Waals surface area contributed by atoms with Crippen molar-refractivity contribution in [3.8, 4) is 0 Å². The molecule has 0 aliphatic carbocycles. The highest BCUT2D eigenvalue weighted by Crippen LogP contribution is 2.15. The van der Waals surface area contributed by atoms with Crippen molar-refractivity contribution in [2.24, 2.45) is 0 Å². The molecule has 0 saturated carbocycles. The van der Waals surface area contributed by atoms with Crippen LogP contribution in [-0.4, -0.2) is 28.5 Å². The van der Waals surface area contributed by atoms with Crippen LogP contribution in [0.4, 0.5) is 0 Å². The maximum atomic E-state index is 12.2. The highest BCUT2D eigenvalue weighted by atomic mass is 35.5. The zero-order valence-corrected chi connectivity index (χ0v) is 11.2. The molecular weight excluding hydrogens is 266 g/mol. The molecule has 5 heteroatoms. The van der Waals surface area contributed by atoms with Gasteiger partial charge in [0, 0.05) is 24.1 Å². The van der Waals surface area contributed by atoms with Gasteiger partial charge in [0.05, 0.1) is 0 Å². The summed E-state index contributed by atoms with van der Waals surface area (Å²) in [5.74, 6) is -0.430. The quantitative estimate of drug-likeness (QED) is 0.618. The molecule has 1 aliphatic heterocycles. The van der Waals surface area contributed by atoms with Crippen LogP contribution in [-0.2, 0) is 4.79 Å². The fourth-order valence-electron chi connectivity index (χ4n) is 2.10. The van der Waals surface area contributed by atoms with Gasteiger partial charge >= 0.3 is 0 Å². The van der Waals surface area contributed by atoms with Gasteiger partial charge in [-0.15, -0.1) is 0 Å². The highest BCUT2D eigenvalue weighted by Gasteiger charge is 2.24. The maximum absolute atomic E-state index is 12.2. The van der Waals surface area contributed by atoms with Gasteiger partial charge in [0.1, 0.15) is 0 Å². The second-order valence-corrected chi connectivity index (χ2v) is 4.86. The minimum absolute atomic E-state index is 0.125. The first-order chi connectivity index (χ1) is 9.09. The van der Waals surface area contributed by atoms with Crippen LogP contribution < -0.4 is 0 Å². The smallest absolute Gasteiger partial charge is 0.260 e. The summed E-state index contributed by atoms with van der Waals surface area (Å²) in [6.45, 7) is 0.466. The minimum Gasteiger partial charge on any atom is -0.279 e. The van der Waals surface area contributed by atoms with Crippen molar-refractivity contribution in [1.29, 1.82) is 0 Å². The molecule has 0 atom stereocenters. The number of carbonyl (C=O) groups is 3. The number of likely N-dealkylation sites (tertiary alicyclic amines) is 1. The van der Waals surface area contributed by atoms with Crippen molar-refractivity contribution < 1.29 is 14.4 Å². The summed E-state index contributed by atoms with van der Waals surface area (Å²) < 4.78 is 0. The molecule has 0 radical (unpaired) electrons. The van der Waals surface area contributed by atoms with E-state index in [4.69, 9.17) is 11.6 Å². The highest BCUT2D eigenvalue weighted by molar-refractivity contribution is 6.67. The average molecular weight is 280 g/mol. The molecule has 1 saturated heterocycles. The van der Waals surface area contributed by atoms with Gasteiger partial charge in [-0.1, -0.05) is 6.42 Å². The molecule has 2 rings (SSSR count). The monoisotopic (exact) mass is 279 g/mol. The van der Waals surface area contributed by atoms with E-state index in [1.54, 1.807) is 0 Å². The van der Waals surface area contributed by atoms with E-state index >= 15 is 0 Å². The van der Waals surface area contributed by atoms with Crippen molar-refractivity contribution in [2.75, 3.05) is 6.54 Å². The topological polar surface area (TPSA) is 54.5 Å². The Morgan fingerprint density at radius 2 is 1.63 bits per heavy atom. The summed E-state index contributed by atoms with van der Waals surface area (Å²) in [7, 11) is 0. The first-order valence-electron chi connectivity index (χ1n) is 6.24. The molecule has 0 unspecified atom stereocenters. The van der Waals surface area contributed by atoms with E-state index in [1.807, 2.05) is 0 Å². The van der Waals surface area contributed by atoms with Crippen LogP contribution in [0.25, 0.3) is 0 Å². The Morgan fingerprint density at radius 3 is 2.26 bits per heavy atom. The molecular formula is C14H14ClNO3. The summed E-state index contributed by atoms with van der Waals surface area (Å²) in [4.78, 5) is 36.3. The predicted octanol–water partition coefficient (Wildman–Crippen LogP) is 2.61. The zero-order chi connectivity index (χ0) is 13.8. The van der Waals surface area contributed by atoms with Crippen LogP contribution in [0.3, 0.4) is 0 Å². The molecule has 0 N–H and O–H groups in total. The third-order valence-corrected chi connectivity index (χ3v) is 3.40. The number of carbonyl (C=O) groups excluding carboxylic acids is 3. The largest absolute Gasteiger partial charge is 0.279 e. The lowest BCUT2D eigenvalue weighted by Gasteiger charge is -2.18. The summed E-state index contributed by atoms with van der Waals surface area (Å²) in [6, 6.07) is 6.03. The Kier molecular flexibility index (Phi) is 4.32. The lowest BCUT2D eigenvalue weighted by Crippen LogP contribution is -2.36. The normalized spacial score (nSPS) is 16.1. The van der Waals surface area contributed by atoms with E-state index in [-0.39, 0.29) is 11.8 Å². The third kappa shape index (κ3) is 3.20. The van der Waals surface area contributed by atoms with E-state index in [1.165, 1.54) is 29.2 Å².